The predicted octanol–water partition coefficient (Wildman–Crippen LogP) is -0.701. The zero-order valence-corrected chi connectivity index (χ0v) is 10.7. The summed E-state index contributed by atoms with van der Waals surface area (Å²) >= 11 is 0. The molecule has 17 heavy (non-hydrogen) atoms. The first-order valence-electron chi connectivity index (χ1n) is 5.92. The van der Waals surface area contributed by atoms with Gasteiger partial charge in [-0.25, -0.2) is 13.6 Å². The quantitative estimate of drug-likeness (QED) is 0.569. The van der Waals surface area contributed by atoms with Crippen LogP contribution in [0.2, 0.25) is 0 Å². The first-order chi connectivity index (χ1) is 7.88. The van der Waals surface area contributed by atoms with E-state index in [1.165, 1.54) is 0 Å². The Bertz CT molecular complexity index is 348. The Morgan fingerprint density at radius 3 is 2.35 bits per heavy atom. The summed E-state index contributed by atoms with van der Waals surface area (Å²) in [6.45, 7) is 0.359. The van der Waals surface area contributed by atoms with E-state index in [-0.39, 0.29) is 23.6 Å². The molecule has 0 heterocycles. The topological polar surface area (TPSA) is 115 Å². The molecule has 1 aliphatic rings. The first kappa shape index (κ1) is 14.4. The Kier molecular flexibility index (Phi) is 5.35. The summed E-state index contributed by atoms with van der Waals surface area (Å²) in [5, 5.41) is 7.60. The molecule has 0 unspecified atom stereocenters. The van der Waals surface area contributed by atoms with Gasteiger partial charge in [0.25, 0.3) is 0 Å². The summed E-state index contributed by atoms with van der Waals surface area (Å²) in [5.41, 5.74) is 5.75. The van der Waals surface area contributed by atoms with Crippen LogP contribution in [0.4, 0.5) is 0 Å². The maximum absolute atomic E-state index is 11.7. The van der Waals surface area contributed by atoms with Crippen molar-refractivity contribution in [2.45, 2.75) is 38.1 Å². The predicted molar refractivity (Wildman–Crippen MR) is 65.5 cm³/mol. The number of sulfonamides is 1. The van der Waals surface area contributed by atoms with Crippen molar-refractivity contribution in [1.82, 2.24) is 5.32 Å². The van der Waals surface area contributed by atoms with Crippen molar-refractivity contribution in [3.05, 3.63) is 0 Å². The lowest BCUT2D eigenvalue weighted by Gasteiger charge is -2.25. The molecule has 6 nitrogen and oxygen atoms in total. The molecule has 0 atom stereocenters. The van der Waals surface area contributed by atoms with Crippen LogP contribution in [0.3, 0.4) is 0 Å². The van der Waals surface area contributed by atoms with E-state index in [9.17, 15) is 13.2 Å². The molecule has 5 N–H and O–H groups in total. The first-order valence-corrected chi connectivity index (χ1v) is 7.64. The molecule has 0 aromatic rings. The molecule has 0 spiro atoms. The van der Waals surface area contributed by atoms with E-state index in [2.05, 4.69) is 5.32 Å². The Labute approximate surface area is 102 Å². The molecule has 1 rings (SSSR count). The zero-order valence-electron chi connectivity index (χ0n) is 9.89. The van der Waals surface area contributed by atoms with Gasteiger partial charge in [0.15, 0.2) is 0 Å². The minimum absolute atomic E-state index is 0.00585. The lowest BCUT2D eigenvalue weighted by molar-refractivity contribution is -0.125. The van der Waals surface area contributed by atoms with Crippen molar-refractivity contribution < 1.29 is 13.2 Å². The summed E-state index contributed by atoms with van der Waals surface area (Å²) < 4.78 is 21.3. The van der Waals surface area contributed by atoms with Crippen LogP contribution in [0, 0.1) is 5.92 Å². The van der Waals surface area contributed by atoms with Gasteiger partial charge in [-0.15, -0.1) is 0 Å². The van der Waals surface area contributed by atoms with E-state index in [1.807, 2.05) is 0 Å². The van der Waals surface area contributed by atoms with Gasteiger partial charge in [0, 0.05) is 18.5 Å². The number of primary sulfonamides is 1. The minimum atomic E-state index is -3.42. The fourth-order valence-electron chi connectivity index (χ4n) is 2.01. The molecule has 1 amide bonds. The van der Waals surface area contributed by atoms with Crippen LogP contribution in [0.15, 0.2) is 0 Å². The van der Waals surface area contributed by atoms with Crippen molar-refractivity contribution in [2.75, 3.05) is 12.3 Å². The van der Waals surface area contributed by atoms with Crippen LogP contribution < -0.4 is 16.2 Å². The Morgan fingerprint density at radius 2 is 1.82 bits per heavy atom. The van der Waals surface area contributed by atoms with Crippen molar-refractivity contribution in [3.63, 3.8) is 0 Å². The molecular formula is C10H21N3O3S. The van der Waals surface area contributed by atoms with Crippen molar-refractivity contribution >= 4 is 15.9 Å². The highest BCUT2D eigenvalue weighted by atomic mass is 32.2. The van der Waals surface area contributed by atoms with Gasteiger partial charge in [0.1, 0.15) is 0 Å². The second-order valence-electron chi connectivity index (χ2n) is 4.62. The Balaban J connectivity index is 2.17. The van der Waals surface area contributed by atoms with Gasteiger partial charge in [0.2, 0.25) is 15.9 Å². The molecule has 1 fully saturated rings. The average Bonchev–Trinajstić information content (AvgIpc) is 2.24. The average molecular weight is 263 g/mol. The molecule has 0 saturated heterocycles. The monoisotopic (exact) mass is 263 g/mol. The summed E-state index contributed by atoms with van der Waals surface area (Å²) in [5.74, 6) is -0.0568. The molecule has 0 radical (unpaired) electrons. The van der Waals surface area contributed by atoms with E-state index in [0.717, 1.165) is 25.7 Å². The van der Waals surface area contributed by atoms with Gasteiger partial charge < -0.3 is 11.1 Å². The fraction of sp³-hybridized carbons (Fsp3) is 0.900. The lowest BCUT2D eigenvalue weighted by Crippen LogP contribution is -2.37. The summed E-state index contributed by atoms with van der Waals surface area (Å²) in [4.78, 5) is 11.7. The summed E-state index contributed by atoms with van der Waals surface area (Å²) in [6, 6.07) is 0.224. The number of hydrogen-bond donors (Lipinski definition) is 3. The van der Waals surface area contributed by atoms with E-state index >= 15 is 0 Å². The molecule has 0 aliphatic heterocycles. The van der Waals surface area contributed by atoms with E-state index < -0.39 is 10.0 Å². The van der Waals surface area contributed by atoms with Crippen LogP contribution in [-0.4, -0.2) is 32.7 Å². The normalized spacial score (nSPS) is 25.5. The van der Waals surface area contributed by atoms with E-state index in [4.69, 9.17) is 10.9 Å². The lowest BCUT2D eigenvalue weighted by atomic mass is 9.86. The summed E-state index contributed by atoms with van der Waals surface area (Å²) in [7, 11) is -3.42. The smallest absolute Gasteiger partial charge is 0.223 e. The molecular weight excluding hydrogens is 242 g/mol. The number of carbonyl (C=O) groups is 1. The number of nitrogens with one attached hydrogen (secondary N) is 1. The molecule has 0 aromatic carbocycles. The number of rotatable bonds is 5. The number of nitrogens with two attached hydrogens (primary N) is 2. The minimum Gasteiger partial charge on any atom is -0.356 e. The van der Waals surface area contributed by atoms with Gasteiger partial charge >= 0.3 is 0 Å². The van der Waals surface area contributed by atoms with Gasteiger partial charge in [-0.2, -0.15) is 0 Å². The van der Waals surface area contributed by atoms with Crippen LogP contribution >= 0.6 is 0 Å². The molecule has 7 heteroatoms. The van der Waals surface area contributed by atoms with Gasteiger partial charge in [0.05, 0.1) is 5.75 Å². The zero-order chi connectivity index (χ0) is 12.9. The van der Waals surface area contributed by atoms with E-state index in [0.29, 0.717) is 13.0 Å². The largest absolute Gasteiger partial charge is 0.356 e. The third kappa shape index (κ3) is 5.99. The van der Waals surface area contributed by atoms with Crippen LogP contribution in [0.5, 0.6) is 0 Å². The highest BCUT2D eigenvalue weighted by Crippen LogP contribution is 2.22. The third-order valence-corrected chi connectivity index (χ3v) is 3.91. The fourth-order valence-corrected chi connectivity index (χ4v) is 2.56. The summed E-state index contributed by atoms with van der Waals surface area (Å²) in [6.07, 6.45) is 3.77. The van der Waals surface area contributed by atoms with Crippen LogP contribution in [0.1, 0.15) is 32.1 Å². The Morgan fingerprint density at radius 1 is 1.24 bits per heavy atom. The second-order valence-corrected chi connectivity index (χ2v) is 6.36. The highest BCUT2D eigenvalue weighted by molar-refractivity contribution is 7.89. The van der Waals surface area contributed by atoms with Gasteiger partial charge in [-0.1, -0.05) is 0 Å². The Hall–Kier alpha value is -0.660. The standard InChI is InChI=1S/C10H21N3O3S/c11-9-4-2-8(3-5-9)10(14)13-6-1-7-17(12,15)16/h8-9H,1-7,11H2,(H,13,14)(H2,12,15,16). The molecule has 0 bridgehead atoms. The van der Waals surface area contributed by atoms with Gasteiger partial charge in [-0.3, -0.25) is 4.79 Å². The van der Waals surface area contributed by atoms with Crippen LogP contribution in [-0.2, 0) is 14.8 Å². The highest BCUT2D eigenvalue weighted by Gasteiger charge is 2.24. The van der Waals surface area contributed by atoms with Crippen LogP contribution in [0.25, 0.3) is 0 Å². The number of carbonyl (C=O) groups excluding carboxylic acids is 1. The third-order valence-electron chi connectivity index (χ3n) is 3.05. The maximum atomic E-state index is 11.7. The number of amides is 1. The molecule has 100 valence electrons. The second kappa shape index (κ2) is 6.32. The number of hydrogen-bond acceptors (Lipinski definition) is 4. The van der Waals surface area contributed by atoms with Gasteiger partial charge in [-0.05, 0) is 32.1 Å². The molecule has 1 saturated carbocycles. The van der Waals surface area contributed by atoms with Crippen molar-refractivity contribution in [1.29, 1.82) is 0 Å². The van der Waals surface area contributed by atoms with Crippen molar-refractivity contribution in [3.8, 4) is 0 Å². The molecule has 0 aromatic heterocycles. The SMILES string of the molecule is NC1CCC(C(=O)NCCCS(N)(=O)=O)CC1. The molecule has 1 aliphatic carbocycles. The van der Waals surface area contributed by atoms with E-state index in [1.54, 1.807) is 0 Å². The maximum Gasteiger partial charge on any atom is 0.223 e. The van der Waals surface area contributed by atoms with Crippen molar-refractivity contribution in [2.24, 2.45) is 16.8 Å².